The van der Waals surface area contributed by atoms with Crippen molar-refractivity contribution in [3.05, 3.63) is 71.3 Å². The highest BCUT2D eigenvalue weighted by Gasteiger charge is 2.41. The number of benzene rings is 2. The molecule has 0 bridgehead atoms. The van der Waals surface area contributed by atoms with E-state index in [1.165, 1.54) is 4.31 Å². The number of sulfonamides is 1. The molecule has 0 amide bonds. The molecule has 2 aromatic rings. The number of hydrogen-bond donors (Lipinski definition) is 0. The first kappa shape index (κ1) is 20.1. The summed E-state index contributed by atoms with van der Waals surface area (Å²) < 4.78 is 38.2. The molecule has 3 rings (SSSR count). The van der Waals surface area contributed by atoms with Crippen molar-refractivity contribution >= 4 is 16.0 Å². The molecular formula is C21H23NO5S. The number of rotatable bonds is 6. The van der Waals surface area contributed by atoms with Crippen LogP contribution in [-0.4, -0.2) is 39.0 Å². The molecule has 0 aliphatic carbocycles. The van der Waals surface area contributed by atoms with Crippen molar-refractivity contribution in [3.63, 3.8) is 0 Å². The van der Waals surface area contributed by atoms with Crippen molar-refractivity contribution in [1.29, 1.82) is 0 Å². The fourth-order valence-electron chi connectivity index (χ4n) is 3.18. The maximum atomic E-state index is 13.3. The molecule has 0 fully saturated rings. The van der Waals surface area contributed by atoms with Crippen molar-refractivity contribution in [2.24, 2.45) is 0 Å². The summed E-state index contributed by atoms with van der Waals surface area (Å²) in [6.07, 6.45) is 1.62. The number of aryl methyl sites for hydroxylation is 1. The smallest absolute Gasteiger partial charge is 0.335 e. The van der Waals surface area contributed by atoms with Crippen molar-refractivity contribution in [2.45, 2.75) is 24.8 Å². The van der Waals surface area contributed by atoms with Crippen LogP contribution in [0, 0.1) is 6.92 Å². The Bertz CT molecular complexity index is 978. The molecular weight excluding hydrogens is 378 g/mol. The van der Waals surface area contributed by atoms with E-state index >= 15 is 0 Å². The van der Waals surface area contributed by atoms with Crippen molar-refractivity contribution in [1.82, 2.24) is 4.31 Å². The topological polar surface area (TPSA) is 72.9 Å². The van der Waals surface area contributed by atoms with Crippen LogP contribution in [0.1, 0.15) is 24.1 Å². The number of hydrogen-bond acceptors (Lipinski definition) is 5. The van der Waals surface area contributed by atoms with Crippen LogP contribution in [0.3, 0.4) is 0 Å². The molecule has 1 atom stereocenters. The first-order chi connectivity index (χ1) is 13.4. The molecule has 1 aliphatic rings. The van der Waals surface area contributed by atoms with E-state index < -0.39 is 22.0 Å². The van der Waals surface area contributed by atoms with Crippen LogP contribution in [0.25, 0.3) is 0 Å². The van der Waals surface area contributed by atoms with Gasteiger partial charge in [0.25, 0.3) is 0 Å². The molecule has 0 aromatic heterocycles. The van der Waals surface area contributed by atoms with Gasteiger partial charge in [0.15, 0.2) is 0 Å². The highest BCUT2D eigenvalue weighted by molar-refractivity contribution is 7.89. The quantitative estimate of drug-likeness (QED) is 0.695. The van der Waals surface area contributed by atoms with E-state index in [0.717, 1.165) is 5.56 Å². The number of carbonyl (C=O) groups excluding carboxylic acids is 1. The molecule has 1 heterocycles. The third kappa shape index (κ3) is 3.81. The van der Waals surface area contributed by atoms with Crippen LogP contribution in [0.15, 0.2) is 65.1 Å². The van der Waals surface area contributed by atoms with Crippen LogP contribution < -0.4 is 4.74 Å². The normalized spacial score (nSPS) is 17.2. The Hall–Kier alpha value is -2.64. The number of carbonyl (C=O) groups is 1. The summed E-state index contributed by atoms with van der Waals surface area (Å²) in [4.78, 5) is 12.7. The molecule has 0 radical (unpaired) electrons. The Kier molecular flexibility index (Phi) is 5.86. The Balaban J connectivity index is 2.04. The molecule has 28 heavy (non-hydrogen) atoms. The van der Waals surface area contributed by atoms with Crippen molar-refractivity contribution < 1.29 is 22.7 Å². The lowest BCUT2D eigenvalue weighted by molar-refractivity contribution is -0.138. The van der Waals surface area contributed by atoms with Gasteiger partial charge < -0.3 is 9.47 Å². The molecule has 0 saturated carbocycles. The van der Waals surface area contributed by atoms with Crippen LogP contribution in [-0.2, 0) is 19.6 Å². The van der Waals surface area contributed by atoms with Crippen molar-refractivity contribution in [2.75, 3.05) is 20.3 Å². The highest BCUT2D eigenvalue weighted by Crippen LogP contribution is 2.38. The van der Waals surface area contributed by atoms with E-state index in [1.807, 2.05) is 6.92 Å². The second-order valence-corrected chi connectivity index (χ2v) is 8.33. The predicted molar refractivity (Wildman–Crippen MR) is 106 cm³/mol. The lowest BCUT2D eigenvalue weighted by atomic mass is 10.0. The molecule has 7 heteroatoms. The summed E-state index contributed by atoms with van der Waals surface area (Å²) in [5.41, 5.74) is 1.97. The van der Waals surface area contributed by atoms with Gasteiger partial charge >= 0.3 is 5.97 Å². The van der Waals surface area contributed by atoms with E-state index in [1.54, 1.807) is 68.6 Å². The maximum absolute atomic E-state index is 13.3. The van der Waals surface area contributed by atoms with E-state index in [9.17, 15) is 13.2 Å². The zero-order valence-corrected chi connectivity index (χ0v) is 16.9. The maximum Gasteiger partial charge on any atom is 0.335 e. The second-order valence-electron chi connectivity index (χ2n) is 6.44. The first-order valence-corrected chi connectivity index (χ1v) is 10.4. The van der Waals surface area contributed by atoms with Crippen LogP contribution >= 0.6 is 0 Å². The fourth-order valence-corrected chi connectivity index (χ4v) is 4.72. The summed E-state index contributed by atoms with van der Waals surface area (Å²) in [6, 6.07) is 12.9. The summed E-state index contributed by atoms with van der Waals surface area (Å²) in [5.74, 6) is 0.140. The van der Waals surface area contributed by atoms with Gasteiger partial charge in [-0.05, 0) is 43.7 Å². The zero-order chi connectivity index (χ0) is 20.3. The van der Waals surface area contributed by atoms with Gasteiger partial charge in [0.1, 0.15) is 5.75 Å². The monoisotopic (exact) mass is 401 g/mol. The van der Waals surface area contributed by atoms with E-state index in [4.69, 9.17) is 9.47 Å². The average Bonchev–Trinajstić information content (AvgIpc) is 3.15. The molecule has 2 aromatic carbocycles. The Morgan fingerprint density at radius 3 is 2.32 bits per heavy atom. The molecule has 1 unspecified atom stereocenters. The van der Waals surface area contributed by atoms with Gasteiger partial charge in [0.05, 0.1) is 30.2 Å². The lowest BCUT2D eigenvalue weighted by Crippen LogP contribution is -2.33. The summed E-state index contributed by atoms with van der Waals surface area (Å²) >= 11 is 0. The van der Waals surface area contributed by atoms with E-state index in [0.29, 0.717) is 16.9 Å². The predicted octanol–water partition coefficient (Wildman–Crippen LogP) is 3.24. The Morgan fingerprint density at radius 2 is 1.75 bits per heavy atom. The molecule has 0 saturated heterocycles. The third-order valence-electron chi connectivity index (χ3n) is 4.64. The summed E-state index contributed by atoms with van der Waals surface area (Å²) in [5, 5.41) is 0. The molecule has 0 spiro atoms. The van der Waals surface area contributed by atoms with Gasteiger partial charge in [0.2, 0.25) is 10.0 Å². The molecule has 6 nitrogen and oxygen atoms in total. The first-order valence-electron chi connectivity index (χ1n) is 8.98. The standard InChI is InChI=1S/C21H23NO5S/c1-4-27-21(23)19-13-14-22(20(19)16-7-9-17(26-3)10-8-16)28(24,25)18-11-5-15(2)6-12-18/h5-13,20H,4,14H2,1-3H3. The van der Waals surface area contributed by atoms with Gasteiger partial charge in [-0.1, -0.05) is 35.9 Å². The van der Waals surface area contributed by atoms with Gasteiger partial charge in [-0.2, -0.15) is 4.31 Å². The minimum Gasteiger partial charge on any atom is -0.497 e. The van der Waals surface area contributed by atoms with Gasteiger partial charge in [-0.25, -0.2) is 13.2 Å². The SMILES string of the molecule is CCOC(=O)C1=CCN(S(=O)(=O)c2ccc(C)cc2)C1c1ccc(OC)cc1. The van der Waals surface area contributed by atoms with Crippen LogP contribution in [0.2, 0.25) is 0 Å². The minimum atomic E-state index is -3.81. The lowest BCUT2D eigenvalue weighted by Gasteiger charge is -2.26. The zero-order valence-electron chi connectivity index (χ0n) is 16.1. The fraction of sp³-hybridized carbons (Fsp3) is 0.286. The van der Waals surface area contributed by atoms with Gasteiger partial charge in [-0.3, -0.25) is 0 Å². The Morgan fingerprint density at radius 1 is 1.11 bits per heavy atom. The Labute approximate surface area is 165 Å². The largest absolute Gasteiger partial charge is 0.497 e. The number of nitrogens with zero attached hydrogens (tertiary/aromatic N) is 1. The minimum absolute atomic E-state index is 0.0983. The summed E-state index contributed by atoms with van der Waals surface area (Å²) in [6.45, 7) is 3.93. The van der Waals surface area contributed by atoms with Gasteiger partial charge in [0, 0.05) is 6.54 Å². The molecule has 148 valence electrons. The highest BCUT2D eigenvalue weighted by atomic mass is 32.2. The number of methoxy groups -OCH3 is 1. The molecule has 0 N–H and O–H groups in total. The van der Waals surface area contributed by atoms with Crippen LogP contribution in [0.4, 0.5) is 0 Å². The third-order valence-corrected chi connectivity index (χ3v) is 6.49. The van der Waals surface area contributed by atoms with E-state index in [2.05, 4.69) is 0 Å². The second kappa shape index (κ2) is 8.16. The number of ether oxygens (including phenoxy) is 2. The van der Waals surface area contributed by atoms with Crippen LogP contribution in [0.5, 0.6) is 5.75 Å². The molecule has 1 aliphatic heterocycles. The van der Waals surface area contributed by atoms with E-state index in [-0.39, 0.29) is 18.0 Å². The average molecular weight is 401 g/mol. The van der Waals surface area contributed by atoms with Crippen molar-refractivity contribution in [3.8, 4) is 5.75 Å². The number of esters is 1. The van der Waals surface area contributed by atoms with Gasteiger partial charge in [-0.15, -0.1) is 0 Å². The summed E-state index contributed by atoms with van der Waals surface area (Å²) in [7, 11) is -2.25.